The number of amides is 2. The summed E-state index contributed by atoms with van der Waals surface area (Å²) in [5.74, 6) is -0.568. The molecule has 1 aromatic carbocycles. The number of carbonyl (C=O) groups is 2. The van der Waals surface area contributed by atoms with Crippen LogP contribution >= 0.6 is 0 Å². The Kier molecular flexibility index (Phi) is 5.71. The first kappa shape index (κ1) is 18.8. The summed E-state index contributed by atoms with van der Waals surface area (Å²) in [4.78, 5) is 37.4. The Morgan fingerprint density at radius 2 is 1.96 bits per heavy atom. The minimum Gasteiger partial charge on any atom is -0.396 e. The topological polar surface area (TPSA) is 100 Å². The first-order valence-electron chi connectivity index (χ1n) is 8.95. The third-order valence-electron chi connectivity index (χ3n) is 4.75. The lowest BCUT2D eigenvalue weighted by atomic mass is 10.1. The minimum atomic E-state index is -0.527. The van der Waals surface area contributed by atoms with Crippen LogP contribution in [0.1, 0.15) is 39.1 Å². The van der Waals surface area contributed by atoms with Crippen molar-refractivity contribution in [2.75, 3.05) is 13.7 Å². The Morgan fingerprint density at radius 1 is 1.22 bits per heavy atom. The molecule has 0 saturated heterocycles. The number of carbonyl (C=O) groups excluding carboxylic acids is 2. The maximum absolute atomic E-state index is 12.7. The Morgan fingerprint density at radius 3 is 2.63 bits per heavy atom. The molecule has 1 fully saturated rings. The smallest absolute Gasteiger partial charge is 0.263 e. The molecule has 1 heterocycles. The van der Waals surface area contributed by atoms with Gasteiger partial charge in [0.1, 0.15) is 5.56 Å². The second-order valence-electron chi connectivity index (χ2n) is 6.73. The van der Waals surface area contributed by atoms with E-state index in [2.05, 4.69) is 10.6 Å². The molecule has 3 N–H and O–H groups in total. The molecule has 1 aliphatic carbocycles. The molecule has 1 saturated carbocycles. The minimum absolute atomic E-state index is 0.0302. The van der Waals surface area contributed by atoms with Crippen LogP contribution in [0.4, 0.5) is 0 Å². The van der Waals surface area contributed by atoms with Crippen LogP contribution in [-0.2, 0) is 6.54 Å². The monoisotopic (exact) mass is 369 g/mol. The molecule has 7 heteroatoms. The molecule has 142 valence electrons. The highest BCUT2D eigenvalue weighted by atomic mass is 16.3. The van der Waals surface area contributed by atoms with Crippen LogP contribution in [0.25, 0.3) is 0 Å². The predicted octanol–water partition coefficient (Wildman–Crippen LogP) is 0.757. The predicted molar refractivity (Wildman–Crippen MR) is 101 cm³/mol. The van der Waals surface area contributed by atoms with Gasteiger partial charge in [0.05, 0.1) is 12.1 Å². The number of aromatic nitrogens is 1. The molecular formula is C20H23N3O4. The Balaban J connectivity index is 1.89. The number of aliphatic hydroxyl groups excluding tert-OH is 1. The fourth-order valence-corrected chi connectivity index (χ4v) is 3.12. The van der Waals surface area contributed by atoms with Crippen LogP contribution < -0.4 is 16.2 Å². The van der Waals surface area contributed by atoms with Gasteiger partial charge in [0.15, 0.2) is 0 Å². The molecule has 0 bridgehead atoms. The number of benzene rings is 1. The maximum Gasteiger partial charge on any atom is 0.263 e. The van der Waals surface area contributed by atoms with Gasteiger partial charge < -0.3 is 20.3 Å². The van der Waals surface area contributed by atoms with Crippen molar-refractivity contribution in [1.29, 1.82) is 0 Å². The molecule has 2 amide bonds. The average molecular weight is 369 g/mol. The first-order valence-corrected chi connectivity index (χ1v) is 8.95. The second-order valence-corrected chi connectivity index (χ2v) is 6.73. The third kappa shape index (κ3) is 4.43. The van der Waals surface area contributed by atoms with Gasteiger partial charge in [-0.25, -0.2) is 0 Å². The lowest BCUT2D eigenvalue weighted by Gasteiger charge is -2.12. The van der Waals surface area contributed by atoms with Crippen molar-refractivity contribution >= 4 is 11.8 Å². The zero-order valence-corrected chi connectivity index (χ0v) is 15.1. The van der Waals surface area contributed by atoms with Crippen molar-refractivity contribution < 1.29 is 14.7 Å². The van der Waals surface area contributed by atoms with Crippen molar-refractivity contribution in [2.24, 2.45) is 5.92 Å². The largest absolute Gasteiger partial charge is 0.396 e. The van der Waals surface area contributed by atoms with Crippen LogP contribution in [0.3, 0.4) is 0 Å². The van der Waals surface area contributed by atoms with Crippen LogP contribution in [0.15, 0.2) is 47.4 Å². The molecule has 7 nitrogen and oxygen atoms in total. The lowest BCUT2D eigenvalue weighted by Crippen LogP contribution is -2.34. The summed E-state index contributed by atoms with van der Waals surface area (Å²) >= 11 is 0. The van der Waals surface area contributed by atoms with Crippen LogP contribution in [0.5, 0.6) is 0 Å². The molecule has 2 atom stereocenters. The molecule has 1 aliphatic rings. The SMILES string of the molecule is CNC(=O)c1cc(C(=O)N[C@H]2C[C@@H]2CCO)cn(Cc2ccccc2)c1=O. The number of nitrogens with one attached hydrogen (secondary N) is 2. The number of pyridine rings is 1. The second kappa shape index (κ2) is 8.18. The van der Waals surface area contributed by atoms with Crippen molar-refractivity contribution in [3.8, 4) is 0 Å². The third-order valence-corrected chi connectivity index (χ3v) is 4.75. The lowest BCUT2D eigenvalue weighted by molar-refractivity contribution is 0.0947. The van der Waals surface area contributed by atoms with Gasteiger partial charge >= 0.3 is 0 Å². The summed E-state index contributed by atoms with van der Waals surface area (Å²) in [6.07, 6.45) is 2.97. The molecule has 0 radical (unpaired) electrons. The van der Waals surface area contributed by atoms with Crippen LogP contribution in [0, 0.1) is 5.92 Å². The van der Waals surface area contributed by atoms with E-state index in [4.69, 9.17) is 5.11 Å². The molecule has 2 aromatic rings. The zero-order valence-electron chi connectivity index (χ0n) is 15.1. The molecule has 0 aliphatic heterocycles. The van der Waals surface area contributed by atoms with E-state index in [1.54, 1.807) is 0 Å². The Hall–Kier alpha value is -2.93. The van der Waals surface area contributed by atoms with Crippen molar-refractivity contribution in [1.82, 2.24) is 15.2 Å². The summed E-state index contributed by atoms with van der Waals surface area (Å²) in [5.41, 5.74) is 0.645. The first-order chi connectivity index (χ1) is 13.0. The van der Waals surface area contributed by atoms with Crippen molar-refractivity contribution in [2.45, 2.75) is 25.4 Å². The standard InChI is InChI=1S/C20H23N3O4/c1-21-19(26)16-9-15(18(25)22-17-10-14(17)7-8-24)12-23(20(16)27)11-13-5-3-2-4-6-13/h2-6,9,12,14,17,24H,7-8,10-11H2,1H3,(H,21,26)(H,22,25)/t14-,17-/m0/s1. The zero-order chi connectivity index (χ0) is 19.4. The van der Waals surface area contributed by atoms with Crippen molar-refractivity contribution in [3.63, 3.8) is 0 Å². The highest BCUT2D eigenvalue weighted by Crippen LogP contribution is 2.33. The van der Waals surface area contributed by atoms with Gasteiger partial charge in [0.25, 0.3) is 17.4 Å². The van der Waals surface area contributed by atoms with Gasteiger partial charge in [-0.05, 0) is 30.4 Å². The van der Waals surface area contributed by atoms with E-state index < -0.39 is 11.5 Å². The van der Waals surface area contributed by atoms with Gasteiger partial charge in [-0.2, -0.15) is 0 Å². The molecule has 0 unspecified atom stereocenters. The highest BCUT2D eigenvalue weighted by molar-refractivity contribution is 5.99. The van der Waals surface area contributed by atoms with Gasteiger partial charge in [-0.1, -0.05) is 30.3 Å². The summed E-state index contributed by atoms with van der Waals surface area (Å²) in [7, 11) is 1.44. The fraction of sp³-hybridized carbons (Fsp3) is 0.350. The number of hydrogen-bond acceptors (Lipinski definition) is 4. The average Bonchev–Trinajstić information content (AvgIpc) is 3.41. The van der Waals surface area contributed by atoms with E-state index in [0.717, 1.165) is 12.0 Å². The Bertz CT molecular complexity index is 892. The molecule has 1 aromatic heterocycles. The summed E-state index contributed by atoms with van der Waals surface area (Å²) < 4.78 is 1.38. The molecule has 27 heavy (non-hydrogen) atoms. The highest BCUT2D eigenvalue weighted by Gasteiger charge is 2.37. The van der Waals surface area contributed by atoms with E-state index in [0.29, 0.717) is 6.42 Å². The number of aliphatic hydroxyl groups is 1. The van der Waals surface area contributed by atoms with E-state index in [-0.39, 0.29) is 42.1 Å². The van der Waals surface area contributed by atoms with E-state index >= 15 is 0 Å². The van der Waals surface area contributed by atoms with Gasteiger partial charge in [0.2, 0.25) is 0 Å². The number of hydrogen-bond donors (Lipinski definition) is 3. The quantitative estimate of drug-likeness (QED) is 0.671. The number of nitrogens with zero attached hydrogens (tertiary/aromatic N) is 1. The molecular weight excluding hydrogens is 346 g/mol. The molecule has 3 rings (SSSR count). The van der Waals surface area contributed by atoms with Gasteiger partial charge in [0, 0.05) is 25.9 Å². The summed E-state index contributed by atoms with van der Waals surface area (Å²) in [5, 5.41) is 14.3. The Labute approximate surface area is 157 Å². The van der Waals surface area contributed by atoms with Gasteiger partial charge in [-0.3, -0.25) is 14.4 Å². The van der Waals surface area contributed by atoms with Crippen LogP contribution in [0.2, 0.25) is 0 Å². The van der Waals surface area contributed by atoms with Crippen molar-refractivity contribution in [3.05, 3.63) is 69.6 Å². The normalized spacial score (nSPS) is 18.0. The number of rotatable bonds is 7. The fourth-order valence-electron chi connectivity index (χ4n) is 3.12. The summed E-state index contributed by atoms with van der Waals surface area (Å²) in [6.45, 7) is 0.362. The maximum atomic E-state index is 12.7. The van der Waals surface area contributed by atoms with Crippen LogP contribution in [-0.4, -0.2) is 41.2 Å². The van der Waals surface area contributed by atoms with E-state index in [1.165, 1.54) is 23.9 Å². The van der Waals surface area contributed by atoms with E-state index in [9.17, 15) is 14.4 Å². The van der Waals surface area contributed by atoms with E-state index in [1.807, 2.05) is 30.3 Å². The van der Waals surface area contributed by atoms with Gasteiger partial charge in [-0.15, -0.1) is 0 Å². The summed E-state index contributed by atoms with van der Waals surface area (Å²) in [6, 6.07) is 10.7. The molecule has 0 spiro atoms.